The zero-order chi connectivity index (χ0) is 17.5. The van der Waals surface area contributed by atoms with Crippen LogP contribution in [0.4, 0.5) is 0 Å². The first-order chi connectivity index (χ1) is 12.3. The molecule has 0 aliphatic heterocycles. The van der Waals surface area contributed by atoms with Crippen molar-refractivity contribution in [3.8, 4) is 0 Å². The molecular weight excluding hydrogens is 341 g/mol. The summed E-state index contributed by atoms with van der Waals surface area (Å²) in [4.78, 5) is 5.80. The van der Waals surface area contributed by atoms with Crippen LogP contribution in [0, 0.1) is 0 Å². The van der Waals surface area contributed by atoms with Crippen molar-refractivity contribution in [1.82, 2.24) is 4.98 Å². The molecule has 0 unspecified atom stereocenters. The van der Waals surface area contributed by atoms with Gasteiger partial charge in [-0.3, -0.25) is 4.98 Å². The number of hydrogen-bond acceptors (Lipinski definition) is 3. The molecule has 3 heterocycles. The third-order valence-corrected chi connectivity index (χ3v) is 5.80. The molecule has 4 heteroatoms. The molecule has 0 fully saturated rings. The molecule has 0 aromatic carbocycles. The number of allylic oxidation sites excluding steroid dienone is 4. The topological polar surface area (TPSA) is 12.9 Å². The molecule has 1 nitrogen and oxygen atoms in total. The molecule has 0 N–H and O–H groups in total. The lowest BCUT2D eigenvalue weighted by Gasteiger charge is -2.16. The Morgan fingerprint density at radius 3 is 2.52 bits per heavy atom. The van der Waals surface area contributed by atoms with Gasteiger partial charge in [-0.15, -0.1) is 11.3 Å². The van der Waals surface area contributed by atoms with Crippen LogP contribution in [0.2, 0.25) is 0 Å². The van der Waals surface area contributed by atoms with Crippen molar-refractivity contribution in [2.45, 2.75) is 13.8 Å². The summed E-state index contributed by atoms with van der Waals surface area (Å²) in [6, 6.07) is 14.7. The summed E-state index contributed by atoms with van der Waals surface area (Å²) in [5.74, 6) is 0. The fourth-order valence-electron chi connectivity index (χ4n) is 2.78. The Hall–Kier alpha value is -2.17. The Kier molecular flexibility index (Phi) is 6.21. The second-order valence-corrected chi connectivity index (χ2v) is 7.64. The first kappa shape index (κ1) is 17.7. The van der Waals surface area contributed by atoms with E-state index < -0.39 is 0 Å². The summed E-state index contributed by atoms with van der Waals surface area (Å²) in [6.45, 7) is 4.50. The maximum atomic E-state index is 4.51. The highest BCUT2D eigenvalue weighted by molar-refractivity contribution is 7.27. The van der Waals surface area contributed by atoms with E-state index in [0.717, 1.165) is 5.69 Å². The van der Waals surface area contributed by atoms with Crippen LogP contribution >= 0.6 is 22.7 Å². The minimum Gasteiger partial charge on any atom is -0.257 e. The molecule has 0 aliphatic carbocycles. The fourth-order valence-corrected chi connectivity index (χ4v) is 4.48. The zero-order valence-corrected chi connectivity index (χ0v) is 16.1. The normalized spacial score (nSPS) is 12.7. The molecule has 3 aromatic heterocycles. The van der Waals surface area contributed by atoms with E-state index in [9.17, 15) is 0 Å². The second kappa shape index (κ2) is 8.79. The van der Waals surface area contributed by atoms with Gasteiger partial charge in [-0.25, -0.2) is 0 Å². The molecule has 3 aromatic rings. The van der Waals surface area contributed by atoms with Crippen LogP contribution in [-0.4, -0.2) is 11.7 Å². The van der Waals surface area contributed by atoms with Gasteiger partial charge in [-0.05, 0) is 52.2 Å². The Morgan fingerprint density at radius 1 is 1.04 bits per heavy atom. The maximum absolute atomic E-state index is 4.51. The minimum absolute atomic E-state index is 0.233. The van der Waals surface area contributed by atoms with Gasteiger partial charge in [0, 0.05) is 11.1 Å². The third kappa shape index (κ3) is 4.47. The molecule has 0 spiro atoms. The van der Waals surface area contributed by atoms with Gasteiger partial charge in [0.05, 0.1) is 5.69 Å². The number of rotatable bonds is 6. The SMILES string of the molecule is C/C=C\C=C(/C)B(/C(=C\c1ccccn1)c1cccs1)c1cccs1. The van der Waals surface area contributed by atoms with Crippen molar-refractivity contribution < 1.29 is 0 Å². The standard InChI is InChI=1S/C21H20BNS2/c1-3-4-9-17(2)22(21-12-8-15-25-21)19(20-11-7-14-24-20)16-18-10-5-6-13-23-18/h3-16H,1-2H3/b4-3-,17-9+,19-16-. The summed E-state index contributed by atoms with van der Waals surface area (Å²) >= 11 is 3.59. The summed E-state index contributed by atoms with van der Waals surface area (Å²) in [5.41, 5.74) is 3.62. The molecule has 0 aliphatic rings. The van der Waals surface area contributed by atoms with Gasteiger partial charge in [-0.2, -0.15) is 11.3 Å². The third-order valence-electron chi connectivity index (χ3n) is 3.94. The summed E-state index contributed by atoms with van der Waals surface area (Å²) in [7, 11) is 0. The van der Waals surface area contributed by atoms with Gasteiger partial charge < -0.3 is 0 Å². The number of hydrogen-bond donors (Lipinski definition) is 0. The van der Waals surface area contributed by atoms with Crippen molar-refractivity contribution in [1.29, 1.82) is 0 Å². The molecular formula is C21H20BNS2. The fraction of sp³-hybridized carbons (Fsp3) is 0.0952. The van der Waals surface area contributed by atoms with E-state index in [1.165, 1.54) is 20.6 Å². The summed E-state index contributed by atoms with van der Waals surface area (Å²) in [6.07, 6.45) is 10.5. The van der Waals surface area contributed by atoms with Crippen molar-refractivity contribution in [3.05, 3.63) is 93.7 Å². The van der Waals surface area contributed by atoms with Crippen molar-refractivity contribution in [2.75, 3.05) is 0 Å². The Labute approximate surface area is 158 Å². The predicted octanol–water partition coefficient (Wildman–Crippen LogP) is 5.75. The number of pyridine rings is 1. The number of aromatic nitrogens is 1. The highest BCUT2D eigenvalue weighted by Crippen LogP contribution is 2.28. The van der Waals surface area contributed by atoms with E-state index in [0.29, 0.717) is 0 Å². The van der Waals surface area contributed by atoms with E-state index in [1.54, 1.807) is 11.3 Å². The zero-order valence-electron chi connectivity index (χ0n) is 14.4. The number of thiophene rings is 2. The van der Waals surface area contributed by atoms with E-state index in [4.69, 9.17) is 0 Å². The van der Waals surface area contributed by atoms with E-state index in [2.05, 4.69) is 77.3 Å². The summed E-state index contributed by atoms with van der Waals surface area (Å²) < 4.78 is 1.36. The van der Waals surface area contributed by atoms with Crippen LogP contribution in [0.15, 0.2) is 83.1 Å². The molecule has 0 atom stereocenters. The largest absolute Gasteiger partial charge is 0.257 e. The van der Waals surface area contributed by atoms with E-state index in [-0.39, 0.29) is 6.71 Å². The van der Waals surface area contributed by atoms with Crippen LogP contribution in [-0.2, 0) is 0 Å². The van der Waals surface area contributed by atoms with Crippen LogP contribution in [0.3, 0.4) is 0 Å². The smallest absolute Gasteiger partial charge is 0.251 e. The molecule has 0 radical (unpaired) electrons. The van der Waals surface area contributed by atoms with Gasteiger partial charge in [0.25, 0.3) is 6.71 Å². The van der Waals surface area contributed by atoms with Crippen LogP contribution in [0.25, 0.3) is 11.5 Å². The Morgan fingerprint density at radius 2 is 1.88 bits per heavy atom. The molecule has 0 saturated carbocycles. The Bertz CT molecular complexity index is 860. The number of nitrogens with zero attached hydrogens (tertiary/aromatic N) is 1. The van der Waals surface area contributed by atoms with Gasteiger partial charge in [0.1, 0.15) is 0 Å². The average molecular weight is 361 g/mol. The lowest BCUT2D eigenvalue weighted by molar-refractivity contribution is 1.30. The first-order valence-corrected chi connectivity index (χ1v) is 10.0. The molecule has 124 valence electrons. The van der Waals surface area contributed by atoms with Gasteiger partial charge >= 0.3 is 0 Å². The lowest BCUT2D eigenvalue weighted by atomic mass is 9.38. The van der Waals surface area contributed by atoms with Gasteiger partial charge in [0.2, 0.25) is 0 Å². The first-order valence-electron chi connectivity index (χ1n) is 8.29. The lowest BCUT2D eigenvalue weighted by Crippen LogP contribution is -2.31. The predicted molar refractivity (Wildman–Crippen MR) is 115 cm³/mol. The molecule has 0 bridgehead atoms. The quantitative estimate of drug-likeness (QED) is 0.402. The van der Waals surface area contributed by atoms with Crippen LogP contribution < -0.4 is 4.78 Å². The molecule has 0 amide bonds. The molecule has 0 saturated heterocycles. The minimum atomic E-state index is 0.233. The van der Waals surface area contributed by atoms with Crippen molar-refractivity contribution >= 4 is 45.7 Å². The Balaban J connectivity index is 2.15. The van der Waals surface area contributed by atoms with E-state index in [1.807, 2.05) is 36.6 Å². The van der Waals surface area contributed by atoms with Crippen LogP contribution in [0.1, 0.15) is 24.4 Å². The average Bonchev–Trinajstić information content (AvgIpc) is 3.34. The summed E-state index contributed by atoms with van der Waals surface area (Å²) in [5, 5.41) is 4.29. The van der Waals surface area contributed by atoms with Crippen molar-refractivity contribution in [2.24, 2.45) is 0 Å². The molecule has 25 heavy (non-hydrogen) atoms. The highest BCUT2D eigenvalue weighted by Gasteiger charge is 2.26. The monoisotopic (exact) mass is 361 g/mol. The van der Waals surface area contributed by atoms with Crippen molar-refractivity contribution in [3.63, 3.8) is 0 Å². The van der Waals surface area contributed by atoms with Crippen LogP contribution in [0.5, 0.6) is 0 Å². The highest BCUT2D eigenvalue weighted by atomic mass is 32.1. The van der Waals surface area contributed by atoms with Gasteiger partial charge in [-0.1, -0.05) is 54.9 Å². The maximum Gasteiger partial charge on any atom is 0.251 e. The molecule has 3 rings (SSSR count). The van der Waals surface area contributed by atoms with Gasteiger partial charge in [0.15, 0.2) is 0 Å². The second-order valence-electron chi connectivity index (χ2n) is 5.72. The van der Waals surface area contributed by atoms with E-state index >= 15 is 0 Å².